The second-order valence-electron chi connectivity index (χ2n) is 4.17. The zero-order chi connectivity index (χ0) is 15.3. The standard InChI is InChI=1S/C15H11ClF3NO/c16-14(15(17,18)19)20-12-7-4-8-13(9-12)21-10-11-5-2-1-3-6-11/h1-9H,10H2. The maximum atomic E-state index is 12.3. The van der Waals surface area contributed by atoms with Crippen LogP contribution in [0, 0.1) is 0 Å². The summed E-state index contributed by atoms with van der Waals surface area (Å²) in [5, 5.41) is -1.41. The van der Waals surface area contributed by atoms with Gasteiger partial charge in [-0.05, 0) is 17.7 Å². The van der Waals surface area contributed by atoms with Gasteiger partial charge in [0.2, 0.25) is 5.17 Å². The van der Waals surface area contributed by atoms with Crippen LogP contribution in [0.25, 0.3) is 0 Å². The van der Waals surface area contributed by atoms with Crippen molar-refractivity contribution in [2.45, 2.75) is 12.8 Å². The van der Waals surface area contributed by atoms with Gasteiger partial charge in [-0.1, -0.05) is 48.0 Å². The number of benzene rings is 2. The van der Waals surface area contributed by atoms with Gasteiger partial charge in [0, 0.05) is 6.07 Å². The number of hydrogen-bond donors (Lipinski definition) is 0. The van der Waals surface area contributed by atoms with Gasteiger partial charge in [0.25, 0.3) is 0 Å². The Morgan fingerprint density at radius 3 is 2.43 bits per heavy atom. The highest BCUT2D eigenvalue weighted by Crippen LogP contribution is 2.26. The number of nitrogens with zero attached hydrogens (tertiary/aromatic N) is 1. The Morgan fingerprint density at radius 1 is 1.05 bits per heavy atom. The molecule has 110 valence electrons. The van der Waals surface area contributed by atoms with E-state index in [9.17, 15) is 13.2 Å². The summed E-state index contributed by atoms with van der Waals surface area (Å²) in [7, 11) is 0. The predicted molar refractivity (Wildman–Crippen MR) is 76.2 cm³/mol. The third-order valence-corrected chi connectivity index (χ3v) is 2.83. The minimum absolute atomic E-state index is 0.0860. The van der Waals surface area contributed by atoms with E-state index >= 15 is 0 Å². The van der Waals surface area contributed by atoms with Crippen molar-refractivity contribution in [2.75, 3.05) is 0 Å². The molecule has 0 bridgehead atoms. The number of halogens is 4. The van der Waals surface area contributed by atoms with Crippen molar-refractivity contribution in [1.29, 1.82) is 0 Å². The van der Waals surface area contributed by atoms with E-state index in [-0.39, 0.29) is 5.69 Å². The molecule has 0 aliphatic rings. The number of aliphatic imine (C=N–C) groups is 1. The first-order chi connectivity index (χ1) is 9.95. The Balaban J connectivity index is 2.08. The third kappa shape index (κ3) is 4.79. The molecule has 0 spiro atoms. The van der Waals surface area contributed by atoms with E-state index in [0.717, 1.165) is 5.56 Å². The zero-order valence-electron chi connectivity index (χ0n) is 10.8. The zero-order valence-corrected chi connectivity index (χ0v) is 11.5. The molecule has 2 rings (SSSR count). The van der Waals surface area contributed by atoms with Gasteiger partial charge < -0.3 is 4.74 Å². The van der Waals surface area contributed by atoms with Gasteiger partial charge in [-0.15, -0.1) is 0 Å². The molecule has 0 saturated carbocycles. The lowest BCUT2D eigenvalue weighted by Gasteiger charge is -2.07. The van der Waals surface area contributed by atoms with Crippen molar-refractivity contribution >= 4 is 22.5 Å². The average molecular weight is 314 g/mol. The average Bonchev–Trinajstić information content (AvgIpc) is 2.46. The van der Waals surface area contributed by atoms with Crippen molar-refractivity contribution in [3.63, 3.8) is 0 Å². The molecule has 0 fully saturated rings. The van der Waals surface area contributed by atoms with E-state index in [4.69, 9.17) is 16.3 Å². The van der Waals surface area contributed by atoms with Crippen LogP contribution in [0.15, 0.2) is 59.6 Å². The van der Waals surface area contributed by atoms with Crippen molar-refractivity contribution < 1.29 is 17.9 Å². The maximum absolute atomic E-state index is 12.3. The van der Waals surface area contributed by atoms with E-state index in [2.05, 4.69) is 4.99 Å². The molecule has 21 heavy (non-hydrogen) atoms. The highest BCUT2D eigenvalue weighted by Gasteiger charge is 2.34. The minimum Gasteiger partial charge on any atom is -0.489 e. The van der Waals surface area contributed by atoms with Gasteiger partial charge in [0.1, 0.15) is 12.4 Å². The Morgan fingerprint density at radius 2 is 1.76 bits per heavy atom. The third-order valence-electron chi connectivity index (χ3n) is 2.53. The van der Waals surface area contributed by atoms with Crippen LogP contribution in [0.2, 0.25) is 0 Å². The first-order valence-electron chi connectivity index (χ1n) is 6.03. The molecule has 0 heterocycles. The minimum atomic E-state index is -4.65. The Bertz CT molecular complexity index is 626. The summed E-state index contributed by atoms with van der Waals surface area (Å²) < 4.78 is 42.4. The number of ether oxygens (including phenoxy) is 1. The van der Waals surface area contributed by atoms with Gasteiger partial charge in [0.05, 0.1) is 5.69 Å². The van der Waals surface area contributed by atoms with E-state index in [1.807, 2.05) is 30.3 Å². The summed E-state index contributed by atoms with van der Waals surface area (Å²) >= 11 is 5.10. The van der Waals surface area contributed by atoms with Crippen LogP contribution in [0.4, 0.5) is 18.9 Å². The molecular formula is C15H11ClF3NO. The molecular weight excluding hydrogens is 303 g/mol. The SMILES string of the molecule is FC(F)(F)C(Cl)=Nc1cccc(OCc2ccccc2)c1. The number of rotatable bonds is 4. The molecule has 6 heteroatoms. The molecule has 2 aromatic rings. The van der Waals surface area contributed by atoms with E-state index in [0.29, 0.717) is 12.4 Å². The smallest absolute Gasteiger partial charge is 0.444 e. The van der Waals surface area contributed by atoms with Crippen molar-refractivity contribution in [2.24, 2.45) is 4.99 Å². The van der Waals surface area contributed by atoms with Gasteiger partial charge in [-0.25, -0.2) is 4.99 Å². The Hall–Kier alpha value is -2.01. The molecule has 0 saturated heterocycles. The van der Waals surface area contributed by atoms with Crippen LogP contribution in [-0.2, 0) is 6.61 Å². The van der Waals surface area contributed by atoms with E-state index in [1.54, 1.807) is 12.1 Å². The van der Waals surface area contributed by atoms with Crippen LogP contribution in [-0.4, -0.2) is 11.3 Å². The fourth-order valence-electron chi connectivity index (χ4n) is 1.56. The molecule has 0 amide bonds. The topological polar surface area (TPSA) is 21.6 Å². The lowest BCUT2D eigenvalue weighted by atomic mass is 10.2. The van der Waals surface area contributed by atoms with Crippen LogP contribution in [0.1, 0.15) is 5.56 Å². The van der Waals surface area contributed by atoms with Crippen molar-refractivity contribution in [3.05, 3.63) is 60.2 Å². The molecule has 2 nitrogen and oxygen atoms in total. The van der Waals surface area contributed by atoms with Gasteiger partial charge in [-0.3, -0.25) is 0 Å². The Labute approximate surface area is 124 Å². The Kier molecular flexibility index (Phi) is 4.85. The predicted octanol–water partition coefficient (Wildman–Crippen LogP) is 5.10. The summed E-state index contributed by atoms with van der Waals surface area (Å²) in [6.45, 7) is 0.320. The molecule has 0 aromatic heterocycles. The van der Waals surface area contributed by atoms with Gasteiger partial charge in [-0.2, -0.15) is 13.2 Å². The highest BCUT2D eigenvalue weighted by molar-refractivity contribution is 6.67. The number of alkyl halides is 3. The summed E-state index contributed by atoms with van der Waals surface area (Å²) in [6, 6.07) is 15.4. The number of hydrogen-bond acceptors (Lipinski definition) is 2. The van der Waals surface area contributed by atoms with Crippen LogP contribution in [0.3, 0.4) is 0 Å². The van der Waals surface area contributed by atoms with E-state index < -0.39 is 11.3 Å². The second-order valence-corrected chi connectivity index (χ2v) is 4.53. The monoisotopic (exact) mass is 313 g/mol. The molecule has 2 aromatic carbocycles. The molecule has 0 radical (unpaired) electrons. The quantitative estimate of drug-likeness (QED) is 0.720. The lowest BCUT2D eigenvalue weighted by Crippen LogP contribution is -2.16. The summed E-state index contributed by atoms with van der Waals surface area (Å²) in [5.41, 5.74) is 1.04. The van der Waals surface area contributed by atoms with Gasteiger partial charge >= 0.3 is 6.18 Å². The van der Waals surface area contributed by atoms with E-state index in [1.165, 1.54) is 12.1 Å². The normalized spacial score (nSPS) is 12.3. The fraction of sp³-hybridized carbons (Fsp3) is 0.133. The van der Waals surface area contributed by atoms with Crippen LogP contribution < -0.4 is 4.74 Å². The molecule has 0 aliphatic heterocycles. The highest BCUT2D eigenvalue weighted by atomic mass is 35.5. The second kappa shape index (κ2) is 6.63. The summed E-state index contributed by atoms with van der Waals surface area (Å²) in [6.07, 6.45) is -4.65. The lowest BCUT2D eigenvalue weighted by molar-refractivity contribution is -0.0558. The summed E-state index contributed by atoms with van der Waals surface area (Å²) in [4.78, 5) is 3.32. The molecule has 0 aliphatic carbocycles. The molecule has 0 unspecified atom stereocenters. The fourth-order valence-corrected chi connectivity index (χ4v) is 1.66. The largest absolute Gasteiger partial charge is 0.489 e. The van der Waals surface area contributed by atoms with Crippen LogP contribution in [0.5, 0.6) is 5.75 Å². The summed E-state index contributed by atoms with van der Waals surface area (Å²) in [5.74, 6) is 0.423. The molecule has 0 N–H and O–H groups in total. The van der Waals surface area contributed by atoms with Crippen molar-refractivity contribution in [3.8, 4) is 5.75 Å². The molecule has 0 atom stereocenters. The first-order valence-corrected chi connectivity index (χ1v) is 6.41. The van der Waals surface area contributed by atoms with Crippen LogP contribution >= 0.6 is 11.6 Å². The first kappa shape index (κ1) is 15.4. The van der Waals surface area contributed by atoms with Gasteiger partial charge in [0.15, 0.2) is 0 Å². The maximum Gasteiger partial charge on any atom is 0.444 e. The van der Waals surface area contributed by atoms with Crippen molar-refractivity contribution in [1.82, 2.24) is 0 Å².